The van der Waals surface area contributed by atoms with Crippen LogP contribution in [0.2, 0.25) is 0 Å². The van der Waals surface area contributed by atoms with Crippen LogP contribution in [0, 0.1) is 0 Å². The second kappa shape index (κ2) is 10.9. The number of hydrogen-bond donors (Lipinski definition) is 6. The van der Waals surface area contributed by atoms with Gasteiger partial charge in [0.1, 0.15) is 24.4 Å². The summed E-state index contributed by atoms with van der Waals surface area (Å²) < 4.78 is 0. The number of aliphatic hydroxyl groups is 6. The smallest absolute Gasteiger partial charge is 0.219 e. The fraction of sp³-hybridized carbons (Fsp3) is 0.417. The maximum absolute atomic E-state index is 13.3. The first kappa shape index (κ1) is 25.8. The molecule has 2 aromatic carbocycles. The monoisotopic (exact) mass is 446 g/mol. The SMILES string of the molecule is CCc1ccc(C(=O)C(O)(C(=O)c2ccc(CC)cc2)[C@H](O)[C@H](O)[C@H](O)[C@@H](O)CO)cc1. The molecule has 174 valence electrons. The van der Waals surface area contributed by atoms with E-state index in [2.05, 4.69) is 0 Å². The van der Waals surface area contributed by atoms with E-state index in [1.54, 1.807) is 24.3 Å². The van der Waals surface area contributed by atoms with Crippen molar-refractivity contribution in [1.29, 1.82) is 0 Å². The molecule has 6 N–H and O–H groups in total. The van der Waals surface area contributed by atoms with Crippen LogP contribution in [0.3, 0.4) is 0 Å². The zero-order valence-corrected chi connectivity index (χ0v) is 18.0. The van der Waals surface area contributed by atoms with Gasteiger partial charge in [0.05, 0.1) is 6.61 Å². The van der Waals surface area contributed by atoms with Crippen LogP contribution < -0.4 is 0 Å². The first-order valence-corrected chi connectivity index (χ1v) is 10.4. The zero-order valence-electron chi connectivity index (χ0n) is 18.0. The Kier molecular flexibility index (Phi) is 8.80. The summed E-state index contributed by atoms with van der Waals surface area (Å²) in [5, 5.41) is 61.0. The third kappa shape index (κ3) is 5.12. The lowest BCUT2D eigenvalue weighted by Crippen LogP contribution is -2.63. The number of rotatable bonds is 11. The van der Waals surface area contributed by atoms with Crippen molar-refractivity contribution in [3.05, 3.63) is 70.8 Å². The van der Waals surface area contributed by atoms with Crippen LogP contribution in [0.25, 0.3) is 0 Å². The van der Waals surface area contributed by atoms with Gasteiger partial charge < -0.3 is 30.6 Å². The second-order valence-electron chi connectivity index (χ2n) is 7.70. The highest BCUT2D eigenvalue weighted by Gasteiger charge is 2.54. The summed E-state index contributed by atoms with van der Waals surface area (Å²) in [7, 11) is 0. The van der Waals surface area contributed by atoms with E-state index in [0.717, 1.165) is 11.1 Å². The Bertz CT molecular complexity index is 847. The van der Waals surface area contributed by atoms with Gasteiger partial charge in [0.2, 0.25) is 17.2 Å². The molecule has 0 aliphatic rings. The Balaban J connectivity index is 2.55. The Morgan fingerprint density at radius 1 is 0.750 bits per heavy atom. The number of benzene rings is 2. The lowest BCUT2D eigenvalue weighted by atomic mass is 9.77. The largest absolute Gasteiger partial charge is 0.394 e. The van der Waals surface area contributed by atoms with Gasteiger partial charge in [-0.2, -0.15) is 0 Å². The lowest BCUT2D eigenvalue weighted by Gasteiger charge is -2.35. The number of aryl methyl sites for hydroxylation is 2. The Morgan fingerprint density at radius 2 is 1.12 bits per heavy atom. The average molecular weight is 446 g/mol. The first-order valence-electron chi connectivity index (χ1n) is 10.4. The molecule has 0 heterocycles. The van der Waals surface area contributed by atoms with Crippen molar-refractivity contribution in [2.75, 3.05) is 6.61 Å². The van der Waals surface area contributed by atoms with Crippen LogP contribution in [0.15, 0.2) is 48.5 Å². The van der Waals surface area contributed by atoms with Crippen LogP contribution in [0.5, 0.6) is 0 Å². The molecular weight excluding hydrogens is 416 g/mol. The Morgan fingerprint density at radius 3 is 1.44 bits per heavy atom. The minimum absolute atomic E-state index is 0.0910. The molecular formula is C24H30O8. The molecule has 0 spiro atoms. The summed E-state index contributed by atoms with van der Waals surface area (Å²) in [6, 6.07) is 12.1. The number of Topliss-reactive ketones (excluding diaryl/α,β-unsaturated/α-hetero) is 2. The van der Waals surface area contributed by atoms with Crippen molar-refractivity contribution in [3.8, 4) is 0 Å². The molecule has 0 bridgehead atoms. The summed E-state index contributed by atoms with van der Waals surface area (Å²) in [6.45, 7) is 2.86. The van der Waals surface area contributed by atoms with E-state index in [1.165, 1.54) is 24.3 Å². The molecule has 0 radical (unpaired) electrons. The molecule has 2 aromatic rings. The number of ketones is 2. The molecule has 0 aromatic heterocycles. The number of aliphatic hydroxyl groups excluding tert-OH is 5. The van der Waals surface area contributed by atoms with Crippen LogP contribution in [0.1, 0.15) is 45.7 Å². The van der Waals surface area contributed by atoms with Gasteiger partial charge in [-0.3, -0.25) is 9.59 Å². The molecule has 8 nitrogen and oxygen atoms in total. The number of carbonyl (C=O) groups is 2. The van der Waals surface area contributed by atoms with Crippen molar-refractivity contribution in [2.45, 2.75) is 56.7 Å². The third-order valence-corrected chi connectivity index (χ3v) is 5.62. The maximum atomic E-state index is 13.3. The highest BCUT2D eigenvalue weighted by molar-refractivity contribution is 6.23. The second-order valence-corrected chi connectivity index (χ2v) is 7.70. The van der Waals surface area contributed by atoms with E-state index in [4.69, 9.17) is 5.11 Å². The van der Waals surface area contributed by atoms with Gasteiger partial charge in [-0.15, -0.1) is 0 Å². The van der Waals surface area contributed by atoms with Crippen LogP contribution in [-0.2, 0) is 12.8 Å². The van der Waals surface area contributed by atoms with Gasteiger partial charge in [-0.05, 0) is 24.0 Å². The molecule has 0 saturated heterocycles. The highest BCUT2D eigenvalue weighted by Crippen LogP contribution is 2.27. The number of hydrogen-bond acceptors (Lipinski definition) is 8. The Hall–Kier alpha value is -2.46. The van der Waals surface area contributed by atoms with Crippen LogP contribution in [-0.4, -0.2) is 78.8 Å². The summed E-state index contributed by atoms with van der Waals surface area (Å²) >= 11 is 0. The predicted octanol–water partition coefficient (Wildman–Crippen LogP) is 0.0440. The van der Waals surface area contributed by atoms with Crippen LogP contribution >= 0.6 is 0 Å². The van der Waals surface area contributed by atoms with E-state index in [1.807, 2.05) is 13.8 Å². The molecule has 0 aliphatic carbocycles. The van der Waals surface area contributed by atoms with Crippen LogP contribution in [0.4, 0.5) is 0 Å². The third-order valence-electron chi connectivity index (χ3n) is 5.62. The lowest BCUT2D eigenvalue weighted by molar-refractivity contribution is -0.148. The van der Waals surface area contributed by atoms with Gasteiger partial charge >= 0.3 is 0 Å². The molecule has 0 saturated carbocycles. The van der Waals surface area contributed by atoms with E-state index < -0.39 is 48.2 Å². The summed E-state index contributed by atoms with van der Waals surface area (Å²) in [5.41, 5.74) is -1.56. The van der Waals surface area contributed by atoms with Gasteiger partial charge in [0, 0.05) is 11.1 Å². The first-order chi connectivity index (χ1) is 15.1. The minimum Gasteiger partial charge on any atom is -0.394 e. The van der Waals surface area contributed by atoms with Gasteiger partial charge in [0.25, 0.3) is 0 Å². The van der Waals surface area contributed by atoms with E-state index in [-0.39, 0.29) is 11.1 Å². The van der Waals surface area contributed by atoms with Crippen molar-refractivity contribution in [1.82, 2.24) is 0 Å². The van der Waals surface area contributed by atoms with Crippen molar-refractivity contribution >= 4 is 11.6 Å². The maximum Gasteiger partial charge on any atom is 0.219 e. The molecule has 2 rings (SSSR count). The summed E-state index contributed by atoms with van der Waals surface area (Å²) in [6.07, 6.45) is -7.45. The molecule has 32 heavy (non-hydrogen) atoms. The summed E-state index contributed by atoms with van der Waals surface area (Å²) in [4.78, 5) is 26.6. The minimum atomic E-state index is -3.17. The van der Waals surface area contributed by atoms with Crippen molar-refractivity contribution in [2.24, 2.45) is 0 Å². The Labute approximate surface area is 186 Å². The molecule has 4 atom stereocenters. The van der Waals surface area contributed by atoms with E-state index >= 15 is 0 Å². The van der Waals surface area contributed by atoms with Gasteiger partial charge in [-0.25, -0.2) is 0 Å². The summed E-state index contributed by atoms with van der Waals surface area (Å²) in [5.74, 6) is -2.36. The quantitative estimate of drug-likeness (QED) is 0.209. The fourth-order valence-corrected chi connectivity index (χ4v) is 3.36. The van der Waals surface area contributed by atoms with Crippen molar-refractivity contribution in [3.63, 3.8) is 0 Å². The average Bonchev–Trinajstić information content (AvgIpc) is 2.85. The molecule has 0 fully saturated rings. The highest BCUT2D eigenvalue weighted by atomic mass is 16.4. The molecule has 8 heteroatoms. The molecule has 0 aliphatic heterocycles. The normalized spacial score (nSPS) is 15.6. The standard InChI is InChI=1S/C24H30O8/c1-3-14-5-9-16(10-6-14)21(29)24(32,23(31)20(28)19(27)18(26)13-25)22(30)17-11-7-15(4-2)8-12-17/h5-12,18-20,23,25-28,31-32H,3-4,13H2,1-2H3/t18-,19+,20+,23+/m0/s1. The number of carbonyl (C=O) groups excluding carboxylic acids is 2. The zero-order chi connectivity index (χ0) is 24.1. The van der Waals surface area contributed by atoms with E-state index in [0.29, 0.717) is 12.8 Å². The molecule has 0 amide bonds. The topological polar surface area (TPSA) is 156 Å². The van der Waals surface area contributed by atoms with Gasteiger partial charge in [0.15, 0.2) is 0 Å². The van der Waals surface area contributed by atoms with Gasteiger partial charge in [-0.1, -0.05) is 62.4 Å². The fourth-order valence-electron chi connectivity index (χ4n) is 3.36. The van der Waals surface area contributed by atoms with Crippen molar-refractivity contribution < 1.29 is 40.2 Å². The predicted molar refractivity (Wildman–Crippen MR) is 116 cm³/mol. The van der Waals surface area contributed by atoms with E-state index in [9.17, 15) is 35.1 Å². The molecule has 0 unspecified atom stereocenters.